The molecule has 2 aliphatic rings. The Bertz CT molecular complexity index is 1350. The summed E-state index contributed by atoms with van der Waals surface area (Å²) in [6.07, 6.45) is 11.4. The lowest BCUT2D eigenvalue weighted by Crippen LogP contribution is -2.54. The lowest BCUT2D eigenvalue weighted by atomic mass is 9.80. The second-order valence-electron chi connectivity index (χ2n) is 10.5. The SMILES string of the molecule is NC(=O)C(NC1CCC(c2c[nH]c3ncccc23)CC1)C1CCN(C(=O)C=Cc2cc(F)c(F)c(F)c2)CC1. The number of amides is 2. The van der Waals surface area contributed by atoms with Crippen molar-refractivity contribution in [3.63, 3.8) is 0 Å². The van der Waals surface area contributed by atoms with E-state index >= 15 is 0 Å². The van der Waals surface area contributed by atoms with Crippen LogP contribution >= 0.6 is 0 Å². The molecule has 1 aliphatic carbocycles. The zero-order chi connectivity index (χ0) is 27.5. The van der Waals surface area contributed by atoms with Crippen LogP contribution in [0.15, 0.2) is 42.7 Å². The maximum absolute atomic E-state index is 13.4. The molecule has 0 spiro atoms. The number of aromatic amines is 1. The van der Waals surface area contributed by atoms with E-state index in [0.29, 0.717) is 31.8 Å². The van der Waals surface area contributed by atoms with Crippen LogP contribution in [-0.2, 0) is 9.59 Å². The monoisotopic (exact) mass is 539 g/mol. The molecule has 1 saturated carbocycles. The molecule has 10 heteroatoms. The second kappa shape index (κ2) is 11.6. The molecule has 7 nitrogen and oxygen atoms in total. The first-order valence-corrected chi connectivity index (χ1v) is 13.4. The van der Waals surface area contributed by atoms with E-state index in [4.69, 9.17) is 5.73 Å². The molecule has 2 amide bonds. The quantitative estimate of drug-likeness (QED) is 0.306. The first-order chi connectivity index (χ1) is 18.8. The average Bonchev–Trinajstić information content (AvgIpc) is 3.38. The fourth-order valence-electron chi connectivity index (χ4n) is 5.99. The van der Waals surface area contributed by atoms with E-state index in [-0.39, 0.29) is 29.3 Å². The number of primary amides is 1. The van der Waals surface area contributed by atoms with Crippen LogP contribution in [0.4, 0.5) is 13.2 Å². The first kappa shape index (κ1) is 26.9. The Hall–Kier alpha value is -3.66. The lowest BCUT2D eigenvalue weighted by Gasteiger charge is -2.38. The van der Waals surface area contributed by atoms with E-state index < -0.39 is 23.5 Å². The summed E-state index contributed by atoms with van der Waals surface area (Å²) in [4.78, 5) is 34.3. The molecule has 1 aromatic carbocycles. The molecule has 4 N–H and O–H groups in total. The number of aromatic nitrogens is 2. The molecule has 1 aliphatic heterocycles. The molecule has 0 radical (unpaired) electrons. The van der Waals surface area contributed by atoms with Gasteiger partial charge in [-0.1, -0.05) is 0 Å². The fraction of sp³-hybridized carbons (Fsp3) is 0.414. The summed E-state index contributed by atoms with van der Waals surface area (Å²) >= 11 is 0. The minimum absolute atomic E-state index is 0.00763. The number of benzene rings is 1. The first-order valence-electron chi connectivity index (χ1n) is 13.4. The number of piperidine rings is 1. The van der Waals surface area contributed by atoms with Crippen LogP contribution in [0.1, 0.15) is 55.6 Å². The molecule has 0 bridgehead atoms. The van der Waals surface area contributed by atoms with Gasteiger partial charge in [0.25, 0.3) is 0 Å². The zero-order valence-electron chi connectivity index (χ0n) is 21.5. The van der Waals surface area contributed by atoms with Crippen molar-refractivity contribution < 1.29 is 22.8 Å². The molecule has 2 aromatic heterocycles. The molecule has 3 heterocycles. The minimum Gasteiger partial charge on any atom is -0.368 e. The number of nitrogens with zero attached hydrogens (tertiary/aromatic N) is 2. The summed E-state index contributed by atoms with van der Waals surface area (Å²) in [6, 6.07) is 5.44. The summed E-state index contributed by atoms with van der Waals surface area (Å²) in [6.45, 7) is 0.875. The number of hydrogen-bond donors (Lipinski definition) is 3. The smallest absolute Gasteiger partial charge is 0.246 e. The van der Waals surface area contributed by atoms with Gasteiger partial charge in [-0.05, 0) is 91.8 Å². The number of nitrogens with one attached hydrogen (secondary N) is 2. The Labute approximate surface area is 224 Å². The lowest BCUT2D eigenvalue weighted by molar-refractivity contribution is -0.128. The van der Waals surface area contributed by atoms with Gasteiger partial charge < -0.3 is 20.9 Å². The molecule has 206 valence electrons. The molecule has 1 atom stereocenters. The van der Waals surface area contributed by atoms with Crippen molar-refractivity contribution in [3.05, 3.63) is 71.3 Å². The summed E-state index contributed by atoms with van der Waals surface area (Å²) in [7, 11) is 0. The van der Waals surface area contributed by atoms with E-state index in [9.17, 15) is 22.8 Å². The van der Waals surface area contributed by atoms with Gasteiger partial charge in [0.1, 0.15) is 5.65 Å². The fourth-order valence-corrected chi connectivity index (χ4v) is 5.99. The number of pyridine rings is 1. The van der Waals surface area contributed by atoms with E-state index in [1.165, 1.54) is 17.7 Å². The second-order valence-corrected chi connectivity index (χ2v) is 10.5. The van der Waals surface area contributed by atoms with E-state index in [2.05, 4.69) is 27.5 Å². The highest BCUT2D eigenvalue weighted by atomic mass is 19.2. The van der Waals surface area contributed by atoms with Crippen LogP contribution in [0.3, 0.4) is 0 Å². The van der Waals surface area contributed by atoms with Crippen molar-refractivity contribution in [2.45, 2.75) is 56.5 Å². The van der Waals surface area contributed by atoms with Crippen molar-refractivity contribution in [1.29, 1.82) is 0 Å². The minimum atomic E-state index is -1.54. The number of nitrogens with two attached hydrogens (primary N) is 1. The number of likely N-dealkylation sites (tertiary alicyclic amines) is 1. The Morgan fingerprint density at radius 3 is 2.44 bits per heavy atom. The number of carbonyl (C=O) groups excluding carboxylic acids is 2. The third-order valence-corrected chi connectivity index (χ3v) is 8.12. The van der Waals surface area contributed by atoms with E-state index in [1.807, 2.05) is 6.07 Å². The number of H-pyrrole nitrogens is 1. The van der Waals surface area contributed by atoms with Gasteiger partial charge in [-0.2, -0.15) is 0 Å². The van der Waals surface area contributed by atoms with Crippen molar-refractivity contribution in [3.8, 4) is 0 Å². The van der Waals surface area contributed by atoms with Crippen molar-refractivity contribution in [1.82, 2.24) is 20.2 Å². The van der Waals surface area contributed by atoms with E-state index in [1.54, 1.807) is 11.1 Å². The van der Waals surface area contributed by atoms with Gasteiger partial charge in [0.2, 0.25) is 11.8 Å². The molecule has 3 aromatic rings. The van der Waals surface area contributed by atoms with Gasteiger partial charge in [0.15, 0.2) is 17.5 Å². The number of fused-ring (bicyclic) bond motifs is 1. The van der Waals surface area contributed by atoms with Crippen LogP contribution in [0.25, 0.3) is 17.1 Å². The summed E-state index contributed by atoms with van der Waals surface area (Å²) in [5.41, 5.74) is 8.06. The predicted molar refractivity (Wildman–Crippen MR) is 142 cm³/mol. The summed E-state index contributed by atoms with van der Waals surface area (Å²) in [5.74, 6) is -4.41. The Kier molecular flexibility index (Phi) is 8.02. The highest BCUT2D eigenvalue weighted by Crippen LogP contribution is 2.36. The molecule has 1 saturated heterocycles. The van der Waals surface area contributed by atoms with Crippen molar-refractivity contribution in [2.75, 3.05) is 13.1 Å². The van der Waals surface area contributed by atoms with Crippen molar-refractivity contribution in [2.24, 2.45) is 11.7 Å². The largest absolute Gasteiger partial charge is 0.368 e. The third-order valence-electron chi connectivity index (χ3n) is 8.12. The van der Waals surface area contributed by atoms with Gasteiger partial charge in [0.05, 0.1) is 6.04 Å². The van der Waals surface area contributed by atoms with Crippen LogP contribution in [-0.4, -0.2) is 51.9 Å². The molecular weight excluding hydrogens is 507 g/mol. The Morgan fingerprint density at radius 1 is 1.08 bits per heavy atom. The zero-order valence-corrected chi connectivity index (χ0v) is 21.5. The molecule has 1 unspecified atom stereocenters. The highest BCUT2D eigenvalue weighted by Gasteiger charge is 2.34. The van der Waals surface area contributed by atoms with Crippen molar-refractivity contribution >= 4 is 28.9 Å². The molecule has 39 heavy (non-hydrogen) atoms. The predicted octanol–water partition coefficient (Wildman–Crippen LogP) is 4.40. The normalized spacial score (nSPS) is 21.5. The Morgan fingerprint density at radius 2 is 1.77 bits per heavy atom. The van der Waals surface area contributed by atoms with E-state index in [0.717, 1.165) is 48.8 Å². The van der Waals surface area contributed by atoms with Gasteiger partial charge in [-0.3, -0.25) is 9.59 Å². The average molecular weight is 540 g/mol. The molecular formula is C29H32F3N5O2. The summed E-state index contributed by atoms with van der Waals surface area (Å²) in [5, 5.41) is 4.68. The number of rotatable bonds is 7. The van der Waals surface area contributed by atoms with Gasteiger partial charge in [-0.25, -0.2) is 18.2 Å². The van der Waals surface area contributed by atoms with Gasteiger partial charge in [-0.15, -0.1) is 0 Å². The standard InChI is InChI=1S/C29H32F3N5O2/c30-23-14-17(15-24(31)26(23)32)3-8-25(38)37-12-9-19(10-13-37)27(28(33)39)36-20-6-4-18(5-7-20)22-16-35-29-21(22)2-1-11-34-29/h1-3,8,11,14-16,18-20,27,36H,4-7,9-10,12-13H2,(H2,33,39)(H,34,35). The molecule has 2 fully saturated rings. The van der Waals surface area contributed by atoms with Crippen LogP contribution in [0.2, 0.25) is 0 Å². The highest BCUT2D eigenvalue weighted by molar-refractivity contribution is 5.92. The van der Waals surface area contributed by atoms with Crippen LogP contribution in [0, 0.1) is 23.4 Å². The van der Waals surface area contributed by atoms with Crippen LogP contribution in [0.5, 0.6) is 0 Å². The number of halogens is 3. The number of carbonyl (C=O) groups is 2. The topological polar surface area (TPSA) is 104 Å². The van der Waals surface area contributed by atoms with Crippen LogP contribution < -0.4 is 11.1 Å². The van der Waals surface area contributed by atoms with Gasteiger partial charge >= 0.3 is 0 Å². The summed E-state index contributed by atoms with van der Waals surface area (Å²) < 4.78 is 40.0. The maximum Gasteiger partial charge on any atom is 0.246 e. The van der Waals surface area contributed by atoms with Gasteiger partial charge in [0, 0.05) is 43.0 Å². The Balaban J connectivity index is 1.13. The molecule has 5 rings (SSSR count). The number of hydrogen-bond acceptors (Lipinski definition) is 4. The third kappa shape index (κ3) is 6.00. The maximum atomic E-state index is 13.4.